The van der Waals surface area contributed by atoms with Crippen LogP contribution in [-0.4, -0.2) is 33.7 Å². The number of hydrogen-bond acceptors (Lipinski definition) is 3. The summed E-state index contributed by atoms with van der Waals surface area (Å²) in [7, 11) is 1.70. The maximum atomic E-state index is 14.1. The summed E-state index contributed by atoms with van der Waals surface area (Å²) in [6.07, 6.45) is 4.05. The van der Waals surface area contributed by atoms with Gasteiger partial charge in [-0.2, -0.15) is 5.10 Å². The molecule has 0 unspecified atom stereocenters. The van der Waals surface area contributed by atoms with Gasteiger partial charge in [-0.1, -0.05) is 25.0 Å². The fourth-order valence-electron chi connectivity index (χ4n) is 3.19. The van der Waals surface area contributed by atoms with Gasteiger partial charge in [0.1, 0.15) is 11.5 Å². The minimum Gasteiger partial charge on any atom is -0.337 e. The smallest absolute Gasteiger partial charge is 0.278 e. The standard InChI is InChI=1S/C18H20FN3O2/c1-12-11-16(23)17(18(24)21(2)13-7-3-4-8-13)20-22(12)15-10-6-5-9-14(15)19/h5-6,9-11,13H,3-4,7-8H2,1-2H3. The number of rotatable bonds is 3. The van der Waals surface area contributed by atoms with Gasteiger partial charge in [0.25, 0.3) is 5.91 Å². The maximum Gasteiger partial charge on any atom is 0.278 e. The molecule has 0 atom stereocenters. The summed E-state index contributed by atoms with van der Waals surface area (Å²) < 4.78 is 15.4. The van der Waals surface area contributed by atoms with E-state index < -0.39 is 17.2 Å². The van der Waals surface area contributed by atoms with E-state index >= 15 is 0 Å². The first-order chi connectivity index (χ1) is 11.5. The van der Waals surface area contributed by atoms with Crippen molar-refractivity contribution in [3.8, 4) is 5.69 Å². The quantitative estimate of drug-likeness (QED) is 0.870. The van der Waals surface area contributed by atoms with Crippen LogP contribution in [0.1, 0.15) is 41.9 Å². The zero-order chi connectivity index (χ0) is 17.3. The first-order valence-electron chi connectivity index (χ1n) is 8.12. The third-order valence-corrected chi connectivity index (χ3v) is 4.58. The first-order valence-corrected chi connectivity index (χ1v) is 8.12. The lowest BCUT2D eigenvalue weighted by Crippen LogP contribution is -2.39. The van der Waals surface area contributed by atoms with E-state index in [1.165, 1.54) is 16.8 Å². The van der Waals surface area contributed by atoms with Crippen molar-refractivity contribution in [3.05, 3.63) is 57.8 Å². The predicted molar refractivity (Wildman–Crippen MR) is 88.9 cm³/mol. The Morgan fingerprint density at radius 1 is 1.29 bits per heavy atom. The topological polar surface area (TPSA) is 55.2 Å². The van der Waals surface area contributed by atoms with Gasteiger partial charge >= 0.3 is 0 Å². The maximum absolute atomic E-state index is 14.1. The van der Waals surface area contributed by atoms with Crippen LogP contribution in [0.25, 0.3) is 5.69 Å². The molecule has 1 saturated carbocycles. The minimum absolute atomic E-state index is 0.141. The number of para-hydroxylation sites is 1. The molecule has 2 aromatic rings. The zero-order valence-electron chi connectivity index (χ0n) is 13.8. The number of hydrogen-bond donors (Lipinski definition) is 0. The molecular weight excluding hydrogens is 309 g/mol. The molecule has 0 saturated heterocycles. The van der Waals surface area contributed by atoms with E-state index in [2.05, 4.69) is 5.10 Å². The lowest BCUT2D eigenvalue weighted by atomic mass is 10.2. The van der Waals surface area contributed by atoms with Crippen LogP contribution in [0.5, 0.6) is 0 Å². The fraction of sp³-hybridized carbons (Fsp3) is 0.389. The Kier molecular flexibility index (Phi) is 4.46. The van der Waals surface area contributed by atoms with Crippen molar-refractivity contribution in [2.75, 3.05) is 7.05 Å². The van der Waals surface area contributed by atoms with Gasteiger partial charge in [0, 0.05) is 24.8 Å². The Bertz CT molecular complexity index is 825. The number of carbonyl (C=O) groups excluding carboxylic acids is 1. The predicted octanol–water partition coefficient (Wildman–Crippen LogP) is 2.69. The molecule has 0 N–H and O–H groups in total. The van der Waals surface area contributed by atoms with Crippen molar-refractivity contribution in [1.29, 1.82) is 0 Å². The lowest BCUT2D eigenvalue weighted by molar-refractivity contribution is 0.0725. The van der Waals surface area contributed by atoms with E-state index in [0.717, 1.165) is 25.7 Å². The Morgan fingerprint density at radius 3 is 2.62 bits per heavy atom. The van der Waals surface area contributed by atoms with Crippen molar-refractivity contribution in [1.82, 2.24) is 14.7 Å². The van der Waals surface area contributed by atoms with E-state index in [1.807, 2.05) is 0 Å². The largest absolute Gasteiger partial charge is 0.337 e. The van der Waals surface area contributed by atoms with E-state index in [-0.39, 0.29) is 17.4 Å². The molecular formula is C18H20FN3O2. The van der Waals surface area contributed by atoms with Crippen molar-refractivity contribution < 1.29 is 9.18 Å². The van der Waals surface area contributed by atoms with Gasteiger partial charge in [-0.3, -0.25) is 9.59 Å². The molecule has 126 valence electrons. The third kappa shape index (κ3) is 2.96. The molecule has 0 aliphatic heterocycles. The summed E-state index contributed by atoms with van der Waals surface area (Å²) in [5.41, 5.74) is 0.0888. The Balaban J connectivity index is 2.03. The van der Waals surface area contributed by atoms with Crippen LogP contribution in [-0.2, 0) is 0 Å². The highest BCUT2D eigenvalue weighted by Gasteiger charge is 2.27. The van der Waals surface area contributed by atoms with E-state index in [4.69, 9.17) is 0 Å². The minimum atomic E-state index is -0.459. The van der Waals surface area contributed by atoms with Crippen molar-refractivity contribution in [2.24, 2.45) is 0 Å². The van der Waals surface area contributed by atoms with E-state index in [9.17, 15) is 14.0 Å². The third-order valence-electron chi connectivity index (χ3n) is 4.58. The van der Waals surface area contributed by atoms with Crippen molar-refractivity contribution in [3.63, 3.8) is 0 Å². The molecule has 24 heavy (non-hydrogen) atoms. The summed E-state index contributed by atoms with van der Waals surface area (Å²) in [4.78, 5) is 26.5. The van der Waals surface area contributed by atoms with Gasteiger partial charge in [-0.15, -0.1) is 0 Å². The Hall–Kier alpha value is -2.50. The van der Waals surface area contributed by atoms with Gasteiger partial charge in [-0.25, -0.2) is 9.07 Å². The number of amides is 1. The molecule has 1 amide bonds. The van der Waals surface area contributed by atoms with Gasteiger partial charge < -0.3 is 4.90 Å². The molecule has 1 aromatic heterocycles. The molecule has 3 rings (SSSR count). The van der Waals surface area contributed by atoms with E-state index in [0.29, 0.717) is 5.69 Å². The molecule has 1 aliphatic carbocycles. The number of nitrogens with zero attached hydrogens (tertiary/aromatic N) is 3. The fourth-order valence-corrected chi connectivity index (χ4v) is 3.19. The summed E-state index contributed by atoms with van der Waals surface area (Å²) >= 11 is 0. The summed E-state index contributed by atoms with van der Waals surface area (Å²) in [5, 5.41) is 4.17. The highest BCUT2D eigenvalue weighted by molar-refractivity contribution is 5.92. The summed E-state index contributed by atoms with van der Waals surface area (Å²) in [5.74, 6) is -0.865. The Morgan fingerprint density at radius 2 is 1.96 bits per heavy atom. The van der Waals surface area contributed by atoms with Crippen LogP contribution >= 0.6 is 0 Å². The van der Waals surface area contributed by atoms with Crippen molar-refractivity contribution >= 4 is 5.91 Å². The Labute approximate surface area is 139 Å². The highest BCUT2D eigenvalue weighted by Crippen LogP contribution is 2.23. The van der Waals surface area contributed by atoms with Crippen LogP contribution < -0.4 is 5.43 Å². The molecule has 1 fully saturated rings. The normalized spacial score (nSPS) is 14.8. The van der Waals surface area contributed by atoms with Crippen LogP contribution in [0, 0.1) is 12.7 Å². The summed E-state index contributed by atoms with van der Waals surface area (Å²) in [6, 6.07) is 7.62. The number of carbonyl (C=O) groups is 1. The zero-order valence-corrected chi connectivity index (χ0v) is 13.8. The van der Waals surface area contributed by atoms with Crippen LogP contribution in [0.2, 0.25) is 0 Å². The highest BCUT2D eigenvalue weighted by atomic mass is 19.1. The van der Waals surface area contributed by atoms with E-state index in [1.54, 1.807) is 37.1 Å². The molecule has 1 aromatic carbocycles. The van der Waals surface area contributed by atoms with Crippen LogP contribution in [0.4, 0.5) is 4.39 Å². The second kappa shape index (κ2) is 6.55. The molecule has 5 nitrogen and oxygen atoms in total. The number of halogens is 1. The number of benzene rings is 1. The second-order valence-electron chi connectivity index (χ2n) is 6.22. The van der Waals surface area contributed by atoms with Gasteiger partial charge in [0.05, 0.1) is 0 Å². The number of aryl methyl sites for hydroxylation is 1. The SMILES string of the molecule is Cc1cc(=O)c(C(=O)N(C)C2CCCC2)nn1-c1ccccc1F. The van der Waals surface area contributed by atoms with Gasteiger partial charge in [0.15, 0.2) is 5.69 Å². The van der Waals surface area contributed by atoms with Gasteiger partial charge in [0.2, 0.25) is 5.43 Å². The molecule has 0 radical (unpaired) electrons. The molecule has 1 heterocycles. The average Bonchev–Trinajstić information content (AvgIpc) is 3.09. The lowest BCUT2D eigenvalue weighted by Gasteiger charge is -2.24. The first kappa shape index (κ1) is 16.4. The molecule has 0 spiro atoms. The van der Waals surface area contributed by atoms with Gasteiger partial charge in [-0.05, 0) is 31.9 Å². The summed E-state index contributed by atoms with van der Waals surface area (Å²) in [6.45, 7) is 1.66. The number of aromatic nitrogens is 2. The monoisotopic (exact) mass is 329 g/mol. The van der Waals surface area contributed by atoms with Crippen LogP contribution in [0.3, 0.4) is 0 Å². The molecule has 6 heteroatoms. The molecule has 1 aliphatic rings. The van der Waals surface area contributed by atoms with Crippen molar-refractivity contribution in [2.45, 2.75) is 38.6 Å². The second-order valence-corrected chi connectivity index (χ2v) is 6.22. The van der Waals surface area contributed by atoms with Crippen LogP contribution in [0.15, 0.2) is 35.1 Å². The molecule has 0 bridgehead atoms. The average molecular weight is 329 g/mol.